The molecule has 0 atom stereocenters. The van der Waals surface area contributed by atoms with Gasteiger partial charge in [-0.05, 0) is 24.3 Å². The minimum absolute atomic E-state index is 0.208. The molecule has 2 heterocycles. The highest BCUT2D eigenvalue weighted by molar-refractivity contribution is 9.10. The molecule has 2 fully saturated rings. The number of carbonyl (C=O) groups excluding carboxylic acids is 1. The van der Waals surface area contributed by atoms with Crippen molar-refractivity contribution in [2.24, 2.45) is 0 Å². The number of anilines is 1. The molecule has 0 N–H and O–H groups in total. The van der Waals surface area contributed by atoms with Gasteiger partial charge in [0.15, 0.2) is 6.29 Å². The van der Waals surface area contributed by atoms with E-state index in [2.05, 4.69) is 26.9 Å². The zero-order valence-corrected chi connectivity index (χ0v) is 17.0. The Kier molecular flexibility index (Phi) is 6.26. The number of nitrogens with zero attached hydrogens (tertiary/aromatic N) is 1. The Labute approximate surface area is 172 Å². The summed E-state index contributed by atoms with van der Waals surface area (Å²) in [6.07, 6.45) is -0.410. The first-order valence-corrected chi connectivity index (χ1v) is 10.1. The molecule has 0 radical (unpaired) electrons. The van der Waals surface area contributed by atoms with E-state index in [1.165, 1.54) is 0 Å². The molecule has 7 heteroatoms. The summed E-state index contributed by atoms with van der Waals surface area (Å²) in [7, 11) is 0. The van der Waals surface area contributed by atoms with Crippen LogP contribution in [-0.4, -0.2) is 45.5 Å². The van der Waals surface area contributed by atoms with Crippen LogP contribution in [0.1, 0.15) is 27.8 Å². The summed E-state index contributed by atoms with van der Waals surface area (Å²) in [6.45, 7) is 4.37. The lowest BCUT2D eigenvalue weighted by Gasteiger charge is -2.30. The number of hydrogen-bond acceptors (Lipinski definition) is 6. The van der Waals surface area contributed by atoms with Crippen LogP contribution in [-0.2, 0) is 25.6 Å². The fourth-order valence-electron chi connectivity index (χ4n) is 3.35. The topological polar surface area (TPSA) is 57.2 Å². The normalized spacial score (nSPS) is 17.7. The first kappa shape index (κ1) is 19.4. The fourth-order valence-corrected chi connectivity index (χ4v) is 3.70. The van der Waals surface area contributed by atoms with Crippen molar-refractivity contribution in [1.82, 2.24) is 0 Å². The van der Waals surface area contributed by atoms with E-state index >= 15 is 0 Å². The molecule has 0 aliphatic carbocycles. The molecule has 2 aromatic rings. The van der Waals surface area contributed by atoms with Gasteiger partial charge in [-0.1, -0.05) is 34.1 Å². The Bertz CT molecular complexity index is 831. The molecule has 4 rings (SSSR count). The van der Waals surface area contributed by atoms with Crippen LogP contribution >= 0.6 is 15.9 Å². The Morgan fingerprint density at radius 1 is 1.07 bits per heavy atom. The molecule has 2 saturated heterocycles. The molecule has 0 unspecified atom stereocenters. The summed E-state index contributed by atoms with van der Waals surface area (Å²) in [6, 6.07) is 13.2. The molecule has 0 spiro atoms. The van der Waals surface area contributed by atoms with Crippen LogP contribution in [0.15, 0.2) is 46.9 Å². The fraction of sp³-hybridized carbons (Fsp3) is 0.381. The monoisotopic (exact) mass is 447 g/mol. The quantitative estimate of drug-likeness (QED) is 0.651. The van der Waals surface area contributed by atoms with Crippen molar-refractivity contribution in [2.45, 2.75) is 12.9 Å². The third kappa shape index (κ3) is 4.55. The second-order valence-corrected chi connectivity index (χ2v) is 7.56. The zero-order chi connectivity index (χ0) is 19.3. The summed E-state index contributed by atoms with van der Waals surface area (Å²) in [4.78, 5) is 14.8. The second kappa shape index (κ2) is 9.05. The van der Waals surface area contributed by atoms with E-state index in [4.69, 9.17) is 18.9 Å². The van der Waals surface area contributed by atoms with Gasteiger partial charge in [0.2, 0.25) is 0 Å². The molecule has 0 bridgehead atoms. The molecule has 28 heavy (non-hydrogen) atoms. The van der Waals surface area contributed by atoms with Crippen molar-refractivity contribution >= 4 is 27.6 Å². The predicted molar refractivity (Wildman–Crippen MR) is 107 cm³/mol. The maximum atomic E-state index is 12.6. The van der Waals surface area contributed by atoms with Gasteiger partial charge in [-0.15, -0.1) is 0 Å². The van der Waals surface area contributed by atoms with Crippen molar-refractivity contribution in [3.63, 3.8) is 0 Å². The number of morpholine rings is 1. The van der Waals surface area contributed by atoms with E-state index < -0.39 is 6.29 Å². The highest BCUT2D eigenvalue weighted by atomic mass is 79.9. The van der Waals surface area contributed by atoms with Crippen molar-refractivity contribution < 1.29 is 23.7 Å². The summed E-state index contributed by atoms with van der Waals surface area (Å²) in [5.74, 6) is -0.365. The van der Waals surface area contributed by atoms with Crippen molar-refractivity contribution in [3.05, 3.63) is 63.6 Å². The number of hydrogen-bond donors (Lipinski definition) is 0. The molecule has 2 aliphatic heterocycles. The lowest BCUT2D eigenvalue weighted by molar-refractivity contribution is -0.0441. The van der Waals surface area contributed by atoms with Gasteiger partial charge in [-0.3, -0.25) is 0 Å². The lowest BCUT2D eigenvalue weighted by Crippen LogP contribution is -2.36. The Morgan fingerprint density at radius 2 is 1.86 bits per heavy atom. The van der Waals surface area contributed by atoms with E-state index in [1.54, 1.807) is 12.1 Å². The van der Waals surface area contributed by atoms with Gasteiger partial charge in [0.25, 0.3) is 0 Å². The average molecular weight is 448 g/mol. The van der Waals surface area contributed by atoms with Gasteiger partial charge in [0.05, 0.1) is 32.0 Å². The highest BCUT2D eigenvalue weighted by Gasteiger charge is 2.20. The molecule has 0 amide bonds. The molecular weight excluding hydrogens is 426 g/mol. The molecule has 6 nitrogen and oxygen atoms in total. The molecule has 0 saturated carbocycles. The summed E-state index contributed by atoms with van der Waals surface area (Å²) < 4.78 is 23.0. The minimum Gasteiger partial charge on any atom is -0.457 e. The Hall–Kier alpha value is -1.93. The van der Waals surface area contributed by atoms with Gasteiger partial charge in [0.1, 0.15) is 6.61 Å². The summed E-state index contributed by atoms with van der Waals surface area (Å²) in [5.41, 5.74) is 3.34. The van der Waals surface area contributed by atoms with Crippen molar-refractivity contribution in [2.75, 3.05) is 44.4 Å². The zero-order valence-electron chi connectivity index (χ0n) is 15.4. The number of ether oxygens (including phenoxy) is 4. The van der Waals surface area contributed by atoms with Crippen LogP contribution < -0.4 is 4.90 Å². The maximum Gasteiger partial charge on any atom is 0.338 e. The van der Waals surface area contributed by atoms with Gasteiger partial charge in [0, 0.05) is 34.4 Å². The van der Waals surface area contributed by atoms with Crippen molar-refractivity contribution in [1.29, 1.82) is 0 Å². The molecule has 0 aromatic heterocycles. The Morgan fingerprint density at radius 3 is 2.64 bits per heavy atom. The molecule has 2 aromatic carbocycles. The maximum absolute atomic E-state index is 12.6. The van der Waals surface area contributed by atoms with Crippen LogP contribution in [0, 0.1) is 0 Å². The predicted octanol–water partition coefficient (Wildman–Crippen LogP) is 3.69. The molecule has 2 aliphatic rings. The third-order valence-electron chi connectivity index (χ3n) is 4.77. The van der Waals surface area contributed by atoms with E-state index in [-0.39, 0.29) is 12.6 Å². The third-order valence-corrected chi connectivity index (χ3v) is 5.27. The van der Waals surface area contributed by atoms with E-state index in [0.717, 1.165) is 34.4 Å². The SMILES string of the molecule is O=C(OCc1ccc(Br)cc1N1CCOCC1)c1cccc(C2OCCO2)c1. The van der Waals surface area contributed by atoms with Crippen LogP contribution in [0.25, 0.3) is 0 Å². The highest BCUT2D eigenvalue weighted by Crippen LogP contribution is 2.28. The van der Waals surface area contributed by atoms with Crippen LogP contribution in [0.4, 0.5) is 5.69 Å². The van der Waals surface area contributed by atoms with E-state index in [1.807, 2.05) is 24.3 Å². The number of esters is 1. The van der Waals surface area contributed by atoms with Crippen LogP contribution in [0.5, 0.6) is 0 Å². The standard InChI is InChI=1S/C21H22BrNO5/c22-18-5-4-17(19(13-18)23-6-8-25-9-7-23)14-28-20(24)15-2-1-3-16(12-15)21-26-10-11-27-21/h1-5,12-13,21H,6-11,14H2. The first-order chi connectivity index (χ1) is 13.7. The summed E-state index contributed by atoms with van der Waals surface area (Å²) in [5, 5.41) is 0. The average Bonchev–Trinajstić information content (AvgIpc) is 3.28. The van der Waals surface area contributed by atoms with Crippen molar-refractivity contribution in [3.8, 4) is 0 Å². The van der Waals surface area contributed by atoms with Gasteiger partial charge < -0.3 is 23.8 Å². The van der Waals surface area contributed by atoms with E-state index in [9.17, 15) is 4.79 Å². The Balaban J connectivity index is 1.45. The molecular formula is C21H22BrNO5. The number of benzene rings is 2. The number of rotatable bonds is 5. The van der Waals surface area contributed by atoms with E-state index in [0.29, 0.717) is 32.0 Å². The summed E-state index contributed by atoms with van der Waals surface area (Å²) >= 11 is 3.53. The minimum atomic E-state index is -0.410. The largest absolute Gasteiger partial charge is 0.457 e. The van der Waals surface area contributed by atoms with Gasteiger partial charge in [-0.2, -0.15) is 0 Å². The number of carbonyl (C=O) groups is 1. The van der Waals surface area contributed by atoms with Gasteiger partial charge >= 0.3 is 5.97 Å². The lowest BCUT2D eigenvalue weighted by atomic mass is 10.1. The van der Waals surface area contributed by atoms with Crippen LogP contribution in [0.3, 0.4) is 0 Å². The van der Waals surface area contributed by atoms with Crippen LogP contribution in [0.2, 0.25) is 0 Å². The van der Waals surface area contributed by atoms with Gasteiger partial charge in [-0.25, -0.2) is 4.79 Å². The smallest absolute Gasteiger partial charge is 0.338 e. The number of halogens is 1. The first-order valence-electron chi connectivity index (χ1n) is 9.32. The molecule has 148 valence electrons. The second-order valence-electron chi connectivity index (χ2n) is 6.65.